The smallest absolute Gasteiger partial charge is 0.443 e. The Bertz CT molecular complexity index is 320. The predicted octanol–water partition coefficient (Wildman–Crippen LogP) is 1.79. The summed E-state index contributed by atoms with van der Waals surface area (Å²) in [6, 6.07) is 0. The summed E-state index contributed by atoms with van der Waals surface area (Å²) in [5.74, 6) is -1.17. The highest BCUT2D eigenvalue weighted by molar-refractivity contribution is 7.11. The van der Waals surface area contributed by atoms with Crippen LogP contribution in [-0.4, -0.2) is 16.1 Å². The molecule has 0 atom stereocenters. The van der Waals surface area contributed by atoms with Gasteiger partial charge in [0.25, 0.3) is 0 Å². The topological polar surface area (TPSA) is 50.2 Å². The van der Waals surface area contributed by atoms with Gasteiger partial charge in [-0.1, -0.05) is 0 Å². The highest BCUT2D eigenvalue weighted by atomic mass is 32.1. The fraction of sp³-hybridized carbons (Fsp3) is 0.333. The molecule has 0 radical (unpaired) electrons. The van der Waals surface area contributed by atoms with E-state index in [1.807, 2.05) is 0 Å². The van der Waals surface area contributed by atoms with Gasteiger partial charge in [-0.15, -0.1) is 11.3 Å². The molecule has 0 aliphatic heterocycles. The molecule has 0 saturated carbocycles. The van der Waals surface area contributed by atoms with Crippen molar-refractivity contribution in [2.24, 2.45) is 0 Å². The highest BCUT2D eigenvalue weighted by Gasteiger charge is 2.34. The van der Waals surface area contributed by atoms with E-state index < -0.39 is 23.6 Å². The SMILES string of the molecule is O=C(O)Cc1cnc(C(F)(F)F)s1. The molecule has 0 aromatic carbocycles. The molecule has 1 aromatic rings. The number of hydrogen-bond acceptors (Lipinski definition) is 3. The molecule has 0 saturated heterocycles. The molecule has 0 fully saturated rings. The lowest BCUT2D eigenvalue weighted by molar-refractivity contribution is -0.138. The zero-order chi connectivity index (χ0) is 10.1. The summed E-state index contributed by atoms with van der Waals surface area (Å²) in [5, 5.41) is 7.27. The number of aromatic nitrogens is 1. The van der Waals surface area contributed by atoms with Gasteiger partial charge in [-0.2, -0.15) is 13.2 Å². The van der Waals surface area contributed by atoms with E-state index in [4.69, 9.17) is 5.11 Å². The van der Waals surface area contributed by atoms with Crippen molar-refractivity contribution >= 4 is 17.3 Å². The molecular formula is C6H4F3NO2S. The largest absolute Gasteiger partial charge is 0.481 e. The van der Waals surface area contributed by atoms with E-state index in [0.717, 1.165) is 6.20 Å². The first-order valence-electron chi connectivity index (χ1n) is 3.13. The molecular weight excluding hydrogens is 207 g/mol. The van der Waals surface area contributed by atoms with E-state index in [0.29, 0.717) is 11.3 Å². The molecule has 0 amide bonds. The Morgan fingerprint density at radius 1 is 1.62 bits per heavy atom. The maximum absolute atomic E-state index is 11.9. The lowest BCUT2D eigenvalue weighted by Gasteiger charge is -1.98. The molecule has 1 rings (SSSR count). The number of thiazole rings is 1. The Morgan fingerprint density at radius 2 is 2.23 bits per heavy atom. The zero-order valence-corrected chi connectivity index (χ0v) is 6.95. The van der Waals surface area contributed by atoms with Crippen molar-refractivity contribution in [3.8, 4) is 0 Å². The standard InChI is InChI=1S/C6H4F3NO2S/c7-6(8,9)5-10-2-3(13-5)1-4(11)12/h2H,1H2,(H,11,12). The summed E-state index contributed by atoms with van der Waals surface area (Å²) in [6.07, 6.45) is -3.98. The molecule has 7 heteroatoms. The summed E-state index contributed by atoms with van der Waals surface area (Å²) in [7, 11) is 0. The molecule has 0 spiro atoms. The fourth-order valence-electron chi connectivity index (χ4n) is 0.669. The third-order valence-electron chi connectivity index (χ3n) is 1.12. The Hall–Kier alpha value is -1.11. The first kappa shape index (κ1) is 9.97. The molecule has 0 aliphatic rings. The molecule has 0 unspecified atom stereocenters. The van der Waals surface area contributed by atoms with Crippen LogP contribution < -0.4 is 0 Å². The quantitative estimate of drug-likeness (QED) is 0.811. The predicted molar refractivity (Wildman–Crippen MR) is 38.5 cm³/mol. The van der Waals surface area contributed by atoms with Crippen LogP contribution in [0.5, 0.6) is 0 Å². The maximum atomic E-state index is 11.9. The van der Waals surface area contributed by atoms with Crippen LogP contribution in [-0.2, 0) is 17.4 Å². The summed E-state index contributed by atoms with van der Waals surface area (Å²) in [4.78, 5) is 13.3. The third-order valence-corrected chi connectivity index (χ3v) is 2.16. The summed E-state index contributed by atoms with van der Waals surface area (Å²) in [5.41, 5.74) is 0. The Balaban J connectivity index is 2.81. The number of aliphatic carboxylic acids is 1. The first-order valence-corrected chi connectivity index (χ1v) is 3.95. The highest BCUT2D eigenvalue weighted by Crippen LogP contribution is 2.32. The summed E-state index contributed by atoms with van der Waals surface area (Å²) in [6.45, 7) is 0. The van der Waals surface area contributed by atoms with Crippen LogP contribution in [0, 0.1) is 0 Å². The van der Waals surface area contributed by atoms with E-state index in [2.05, 4.69) is 4.98 Å². The molecule has 0 bridgehead atoms. The number of alkyl halides is 3. The van der Waals surface area contributed by atoms with Crippen molar-refractivity contribution in [3.05, 3.63) is 16.1 Å². The van der Waals surface area contributed by atoms with Gasteiger partial charge in [0.2, 0.25) is 0 Å². The van der Waals surface area contributed by atoms with Gasteiger partial charge in [0, 0.05) is 11.1 Å². The van der Waals surface area contributed by atoms with Crippen LogP contribution in [0.15, 0.2) is 6.20 Å². The Morgan fingerprint density at radius 3 is 2.62 bits per heavy atom. The minimum atomic E-state index is -4.48. The fourth-order valence-corrected chi connectivity index (χ4v) is 1.44. The van der Waals surface area contributed by atoms with Crippen molar-refractivity contribution in [2.75, 3.05) is 0 Å². The normalized spacial score (nSPS) is 11.6. The molecule has 13 heavy (non-hydrogen) atoms. The number of carbonyl (C=O) groups is 1. The van der Waals surface area contributed by atoms with Crippen LogP contribution in [0.25, 0.3) is 0 Å². The van der Waals surface area contributed by atoms with Gasteiger partial charge in [-0.25, -0.2) is 4.98 Å². The molecule has 1 heterocycles. The molecule has 3 nitrogen and oxygen atoms in total. The second-order valence-corrected chi connectivity index (χ2v) is 3.32. The molecule has 1 N–H and O–H groups in total. The van der Waals surface area contributed by atoms with Crippen molar-refractivity contribution in [3.63, 3.8) is 0 Å². The van der Waals surface area contributed by atoms with Crippen LogP contribution >= 0.6 is 11.3 Å². The average molecular weight is 211 g/mol. The van der Waals surface area contributed by atoms with E-state index >= 15 is 0 Å². The molecule has 72 valence electrons. The van der Waals surface area contributed by atoms with Gasteiger partial charge in [-0.05, 0) is 0 Å². The second kappa shape index (κ2) is 3.33. The third kappa shape index (κ3) is 2.69. The van der Waals surface area contributed by atoms with Gasteiger partial charge in [0.15, 0.2) is 5.01 Å². The molecule has 1 aromatic heterocycles. The van der Waals surface area contributed by atoms with Gasteiger partial charge >= 0.3 is 12.1 Å². The second-order valence-electron chi connectivity index (χ2n) is 2.20. The lowest BCUT2D eigenvalue weighted by atomic mass is 10.4. The summed E-state index contributed by atoms with van der Waals surface area (Å²) >= 11 is 0.351. The van der Waals surface area contributed by atoms with Crippen LogP contribution in [0.2, 0.25) is 0 Å². The van der Waals surface area contributed by atoms with E-state index in [1.54, 1.807) is 0 Å². The number of hydrogen-bond donors (Lipinski definition) is 1. The number of carboxylic acid groups (broad SMARTS) is 1. The van der Waals surface area contributed by atoms with Crippen molar-refractivity contribution in [2.45, 2.75) is 12.6 Å². The van der Waals surface area contributed by atoms with E-state index in [-0.39, 0.29) is 4.88 Å². The van der Waals surface area contributed by atoms with Crippen molar-refractivity contribution in [1.29, 1.82) is 0 Å². The van der Waals surface area contributed by atoms with Crippen molar-refractivity contribution in [1.82, 2.24) is 4.98 Å². The number of nitrogens with zero attached hydrogens (tertiary/aromatic N) is 1. The van der Waals surface area contributed by atoms with Crippen molar-refractivity contribution < 1.29 is 23.1 Å². The first-order chi connectivity index (χ1) is 5.89. The summed E-state index contributed by atoms with van der Waals surface area (Å²) < 4.78 is 35.8. The van der Waals surface area contributed by atoms with Gasteiger partial charge in [0.1, 0.15) is 0 Å². The van der Waals surface area contributed by atoms with E-state index in [1.165, 1.54) is 0 Å². The maximum Gasteiger partial charge on any atom is 0.443 e. The van der Waals surface area contributed by atoms with Gasteiger partial charge in [0.05, 0.1) is 6.42 Å². The zero-order valence-electron chi connectivity index (χ0n) is 6.13. The minimum absolute atomic E-state index is 0.0971. The van der Waals surface area contributed by atoms with Gasteiger partial charge < -0.3 is 5.11 Å². The van der Waals surface area contributed by atoms with Gasteiger partial charge in [-0.3, -0.25) is 4.79 Å². The number of halogens is 3. The Labute approximate surface area is 74.8 Å². The van der Waals surface area contributed by atoms with Crippen LogP contribution in [0.4, 0.5) is 13.2 Å². The molecule has 0 aliphatic carbocycles. The minimum Gasteiger partial charge on any atom is -0.481 e. The number of rotatable bonds is 2. The van der Waals surface area contributed by atoms with Crippen LogP contribution in [0.1, 0.15) is 9.88 Å². The Kier molecular flexibility index (Phi) is 2.55. The monoisotopic (exact) mass is 211 g/mol. The lowest BCUT2D eigenvalue weighted by Crippen LogP contribution is -2.03. The van der Waals surface area contributed by atoms with Crippen LogP contribution in [0.3, 0.4) is 0 Å². The number of carboxylic acids is 1. The average Bonchev–Trinajstić information content (AvgIpc) is 2.32. The van der Waals surface area contributed by atoms with E-state index in [9.17, 15) is 18.0 Å².